The third kappa shape index (κ3) is 4.96. The summed E-state index contributed by atoms with van der Waals surface area (Å²) in [6.07, 6.45) is 7.68. The van der Waals surface area contributed by atoms with Crippen molar-refractivity contribution in [3.05, 3.63) is 18.0 Å². The Morgan fingerprint density at radius 3 is 2.58 bits per heavy atom. The number of hydrogen-bond donors (Lipinski definition) is 1. The van der Waals surface area contributed by atoms with Gasteiger partial charge in [-0.3, -0.25) is 4.68 Å². The highest BCUT2D eigenvalue weighted by molar-refractivity contribution is 5.12. The van der Waals surface area contributed by atoms with Gasteiger partial charge in [-0.05, 0) is 33.2 Å². The molecule has 19 heavy (non-hydrogen) atoms. The van der Waals surface area contributed by atoms with Crippen LogP contribution in [0.3, 0.4) is 0 Å². The van der Waals surface area contributed by atoms with Gasteiger partial charge >= 0.3 is 0 Å². The van der Waals surface area contributed by atoms with Crippen molar-refractivity contribution in [1.82, 2.24) is 15.1 Å². The maximum absolute atomic E-state index is 5.94. The Labute approximate surface area is 117 Å². The summed E-state index contributed by atoms with van der Waals surface area (Å²) in [6.45, 7) is 11.2. The van der Waals surface area contributed by atoms with Gasteiger partial charge in [-0.25, -0.2) is 0 Å². The summed E-state index contributed by atoms with van der Waals surface area (Å²) < 4.78 is 7.92. The fraction of sp³-hybridized carbons (Fsp3) is 0.800. The second-order valence-electron chi connectivity index (χ2n) is 4.84. The first-order valence-corrected chi connectivity index (χ1v) is 7.64. The van der Waals surface area contributed by atoms with E-state index in [0.717, 1.165) is 39.0 Å². The van der Waals surface area contributed by atoms with E-state index in [1.165, 1.54) is 5.56 Å². The number of nitrogens with one attached hydrogen (secondary N) is 1. The average molecular weight is 267 g/mol. The van der Waals surface area contributed by atoms with Gasteiger partial charge in [0.1, 0.15) is 0 Å². The van der Waals surface area contributed by atoms with Crippen LogP contribution in [-0.2, 0) is 11.3 Å². The van der Waals surface area contributed by atoms with E-state index in [1.54, 1.807) is 0 Å². The van der Waals surface area contributed by atoms with Crippen LogP contribution in [0.4, 0.5) is 0 Å². The van der Waals surface area contributed by atoms with E-state index in [9.17, 15) is 0 Å². The van der Waals surface area contributed by atoms with Gasteiger partial charge in [0.05, 0.1) is 18.3 Å². The highest BCUT2D eigenvalue weighted by Gasteiger charge is 2.23. The molecule has 2 unspecified atom stereocenters. The molecule has 1 heterocycles. The Hall–Kier alpha value is -0.870. The molecule has 4 heteroatoms. The first kappa shape index (κ1) is 16.2. The van der Waals surface area contributed by atoms with Crippen LogP contribution in [-0.4, -0.2) is 29.0 Å². The van der Waals surface area contributed by atoms with Crippen LogP contribution < -0.4 is 5.32 Å². The maximum atomic E-state index is 5.94. The molecule has 0 aromatic carbocycles. The van der Waals surface area contributed by atoms with Crippen molar-refractivity contribution in [3.63, 3.8) is 0 Å². The SMILES string of the molecule is CCCNC(c1cnn(CC)c1)C(CCC)OCC. The summed E-state index contributed by atoms with van der Waals surface area (Å²) in [4.78, 5) is 0. The third-order valence-electron chi connectivity index (χ3n) is 3.28. The highest BCUT2D eigenvalue weighted by atomic mass is 16.5. The Kier molecular flexibility index (Phi) is 7.75. The van der Waals surface area contributed by atoms with Crippen LogP contribution in [0.25, 0.3) is 0 Å². The third-order valence-corrected chi connectivity index (χ3v) is 3.28. The molecule has 0 aliphatic carbocycles. The lowest BCUT2D eigenvalue weighted by atomic mass is 10.0. The number of rotatable bonds is 10. The zero-order valence-electron chi connectivity index (χ0n) is 12.9. The van der Waals surface area contributed by atoms with Crippen LogP contribution in [0.15, 0.2) is 12.4 Å². The molecule has 0 saturated heterocycles. The summed E-state index contributed by atoms with van der Waals surface area (Å²) in [5.74, 6) is 0. The summed E-state index contributed by atoms with van der Waals surface area (Å²) in [5.41, 5.74) is 1.24. The zero-order valence-corrected chi connectivity index (χ0v) is 12.9. The molecule has 110 valence electrons. The predicted molar refractivity (Wildman–Crippen MR) is 79.3 cm³/mol. The molecular weight excluding hydrogens is 238 g/mol. The van der Waals surface area contributed by atoms with E-state index in [0.29, 0.717) is 0 Å². The fourth-order valence-electron chi connectivity index (χ4n) is 2.32. The van der Waals surface area contributed by atoms with Crippen molar-refractivity contribution < 1.29 is 4.74 Å². The first-order chi connectivity index (χ1) is 9.26. The van der Waals surface area contributed by atoms with Crippen LogP contribution in [0.5, 0.6) is 0 Å². The molecule has 0 aliphatic heterocycles. The number of ether oxygens (including phenoxy) is 1. The van der Waals surface area contributed by atoms with Crippen LogP contribution >= 0.6 is 0 Å². The normalized spacial score (nSPS) is 14.5. The lowest BCUT2D eigenvalue weighted by Crippen LogP contribution is -2.34. The molecule has 4 nitrogen and oxygen atoms in total. The molecule has 0 radical (unpaired) electrons. The highest BCUT2D eigenvalue weighted by Crippen LogP contribution is 2.22. The van der Waals surface area contributed by atoms with Crippen molar-refractivity contribution in [1.29, 1.82) is 0 Å². The quantitative estimate of drug-likeness (QED) is 0.708. The summed E-state index contributed by atoms with van der Waals surface area (Å²) in [6, 6.07) is 0.250. The van der Waals surface area contributed by atoms with Crippen molar-refractivity contribution in [2.75, 3.05) is 13.2 Å². The minimum absolute atomic E-state index is 0.232. The molecule has 1 rings (SSSR count). The molecule has 0 aliphatic rings. The van der Waals surface area contributed by atoms with Crippen LogP contribution in [0, 0.1) is 0 Å². The zero-order chi connectivity index (χ0) is 14.1. The lowest BCUT2D eigenvalue weighted by molar-refractivity contribution is 0.0276. The Morgan fingerprint density at radius 1 is 1.26 bits per heavy atom. The Bertz CT molecular complexity index is 332. The van der Waals surface area contributed by atoms with Gasteiger partial charge in [-0.1, -0.05) is 20.3 Å². The molecular formula is C15H29N3O. The number of aryl methyl sites for hydroxylation is 1. The van der Waals surface area contributed by atoms with Crippen molar-refractivity contribution in [2.45, 2.75) is 65.6 Å². The molecule has 1 N–H and O–H groups in total. The van der Waals surface area contributed by atoms with E-state index in [4.69, 9.17) is 4.74 Å². The second kappa shape index (κ2) is 9.10. The molecule has 0 bridgehead atoms. The van der Waals surface area contributed by atoms with E-state index >= 15 is 0 Å². The second-order valence-corrected chi connectivity index (χ2v) is 4.84. The minimum atomic E-state index is 0.232. The topological polar surface area (TPSA) is 39.1 Å². The Morgan fingerprint density at radius 2 is 2.05 bits per heavy atom. The van der Waals surface area contributed by atoms with Crippen molar-refractivity contribution in [3.8, 4) is 0 Å². The molecule has 0 fully saturated rings. The summed E-state index contributed by atoms with van der Waals surface area (Å²) in [7, 11) is 0. The average Bonchev–Trinajstić information content (AvgIpc) is 2.88. The molecule has 1 aromatic heterocycles. The van der Waals surface area contributed by atoms with Crippen molar-refractivity contribution in [2.24, 2.45) is 0 Å². The molecule has 0 amide bonds. The largest absolute Gasteiger partial charge is 0.377 e. The van der Waals surface area contributed by atoms with Gasteiger partial charge in [-0.15, -0.1) is 0 Å². The van der Waals surface area contributed by atoms with Crippen molar-refractivity contribution >= 4 is 0 Å². The molecule has 2 atom stereocenters. The molecule has 0 saturated carbocycles. The number of aromatic nitrogens is 2. The number of nitrogens with zero attached hydrogens (tertiary/aromatic N) is 2. The predicted octanol–water partition coefficient (Wildman–Crippen LogP) is 3.15. The smallest absolute Gasteiger partial charge is 0.0770 e. The Balaban J connectivity index is 2.83. The van der Waals surface area contributed by atoms with Crippen LogP contribution in [0.1, 0.15) is 58.6 Å². The minimum Gasteiger partial charge on any atom is -0.377 e. The van der Waals surface area contributed by atoms with Gasteiger partial charge < -0.3 is 10.1 Å². The molecule has 0 spiro atoms. The lowest BCUT2D eigenvalue weighted by Gasteiger charge is -2.27. The fourth-order valence-corrected chi connectivity index (χ4v) is 2.32. The van der Waals surface area contributed by atoms with Gasteiger partial charge in [-0.2, -0.15) is 5.10 Å². The van der Waals surface area contributed by atoms with E-state index < -0.39 is 0 Å². The molecule has 1 aromatic rings. The standard InChI is InChI=1S/C15H29N3O/c1-5-9-14(19-8-4)15(16-10-6-2)13-11-17-18(7-3)12-13/h11-12,14-16H,5-10H2,1-4H3. The van der Waals surface area contributed by atoms with Gasteiger partial charge in [0, 0.05) is 24.9 Å². The van der Waals surface area contributed by atoms with Gasteiger partial charge in [0.2, 0.25) is 0 Å². The first-order valence-electron chi connectivity index (χ1n) is 7.64. The summed E-state index contributed by atoms with van der Waals surface area (Å²) in [5, 5.41) is 8.00. The van der Waals surface area contributed by atoms with Gasteiger partial charge in [0.25, 0.3) is 0 Å². The van der Waals surface area contributed by atoms with E-state index in [-0.39, 0.29) is 12.1 Å². The summed E-state index contributed by atoms with van der Waals surface area (Å²) >= 11 is 0. The van der Waals surface area contributed by atoms with Gasteiger partial charge in [0.15, 0.2) is 0 Å². The van der Waals surface area contributed by atoms with Crippen LogP contribution in [0.2, 0.25) is 0 Å². The number of hydrogen-bond acceptors (Lipinski definition) is 3. The van der Waals surface area contributed by atoms with E-state index in [2.05, 4.69) is 44.3 Å². The van der Waals surface area contributed by atoms with E-state index in [1.807, 2.05) is 10.9 Å². The monoisotopic (exact) mass is 267 g/mol. The maximum Gasteiger partial charge on any atom is 0.0770 e.